The van der Waals surface area contributed by atoms with Crippen LogP contribution in [0.25, 0.3) is 10.9 Å². The molecule has 1 aliphatic heterocycles. The van der Waals surface area contributed by atoms with E-state index in [0.29, 0.717) is 44.7 Å². The third-order valence-electron chi connectivity index (χ3n) is 5.79. The summed E-state index contributed by atoms with van der Waals surface area (Å²) in [5.74, 6) is 2.13. The molecule has 0 saturated heterocycles. The van der Waals surface area contributed by atoms with Crippen LogP contribution in [-0.4, -0.2) is 48.1 Å². The van der Waals surface area contributed by atoms with Gasteiger partial charge in [0.15, 0.2) is 22.8 Å². The van der Waals surface area contributed by atoms with Crippen LogP contribution in [0.2, 0.25) is 0 Å². The van der Waals surface area contributed by atoms with Gasteiger partial charge in [0.1, 0.15) is 18.1 Å². The molecule has 0 radical (unpaired) electrons. The molecule has 37 heavy (non-hydrogen) atoms. The molecule has 0 bridgehead atoms. The lowest BCUT2D eigenvalue weighted by Crippen LogP contribution is -2.37. The van der Waals surface area contributed by atoms with Crippen molar-refractivity contribution in [1.82, 2.24) is 9.55 Å². The Balaban J connectivity index is 1.38. The number of thioether (sulfide) groups is 1. The quantitative estimate of drug-likeness (QED) is 0.276. The van der Waals surface area contributed by atoms with E-state index in [9.17, 15) is 9.59 Å². The molecule has 9 nitrogen and oxygen atoms in total. The first-order valence-corrected chi connectivity index (χ1v) is 12.6. The second-order valence-corrected chi connectivity index (χ2v) is 9.17. The molecule has 4 aromatic rings. The van der Waals surface area contributed by atoms with Crippen LogP contribution < -0.4 is 29.8 Å². The molecule has 1 aromatic heterocycles. The first-order valence-electron chi connectivity index (χ1n) is 11.6. The second-order valence-electron chi connectivity index (χ2n) is 8.23. The number of fused-ring (bicyclic) bond motifs is 2. The lowest BCUT2D eigenvalue weighted by molar-refractivity contribution is -0.113. The maximum Gasteiger partial charge on any atom is 0.262 e. The highest BCUT2D eigenvalue weighted by Crippen LogP contribution is 2.32. The van der Waals surface area contributed by atoms with Crippen LogP contribution in [-0.2, 0) is 11.3 Å². The number of nitrogens with zero attached hydrogens (tertiary/aromatic N) is 2. The lowest BCUT2D eigenvalue weighted by Gasteiger charge is -2.27. The minimum absolute atomic E-state index is 0.0238. The Labute approximate surface area is 217 Å². The van der Waals surface area contributed by atoms with Crippen molar-refractivity contribution in [2.24, 2.45) is 0 Å². The fraction of sp³-hybridized carbons (Fsp3) is 0.222. The fourth-order valence-corrected chi connectivity index (χ4v) is 4.81. The summed E-state index contributed by atoms with van der Waals surface area (Å²) in [6.07, 6.45) is -0.398. The van der Waals surface area contributed by atoms with Gasteiger partial charge < -0.3 is 24.3 Å². The lowest BCUT2D eigenvalue weighted by atomic mass is 10.2. The zero-order valence-corrected chi connectivity index (χ0v) is 21.1. The van der Waals surface area contributed by atoms with E-state index in [1.807, 2.05) is 30.3 Å². The Hall–Kier alpha value is -4.18. The number of aromatic nitrogens is 2. The molecule has 1 N–H and O–H groups in total. The minimum atomic E-state index is -0.398. The molecule has 0 saturated carbocycles. The smallest absolute Gasteiger partial charge is 0.262 e. The van der Waals surface area contributed by atoms with Crippen molar-refractivity contribution in [2.45, 2.75) is 17.8 Å². The molecule has 10 heteroatoms. The van der Waals surface area contributed by atoms with E-state index >= 15 is 0 Å². The minimum Gasteiger partial charge on any atom is -0.497 e. The Bertz CT molecular complexity index is 1510. The Morgan fingerprint density at radius 1 is 1.08 bits per heavy atom. The molecule has 5 rings (SSSR count). The van der Waals surface area contributed by atoms with Crippen LogP contribution in [0.3, 0.4) is 0 Å². The summed E-state index contributed by atoms with van der Waals surface area (Å²) >= 11 is 1.17. The summed E-state index contributed by atoms with van der Waals surface area (Å²) in [5, 5.41) is 3.76. The highest BCUT2D eigenvalue weighted by atomic mass is 32.2. The van der Waals surface area contributed by atoms with Gasteiger partial charge in [0.2, 0.25) is 5.91 Å². The number of amides is 1. The molecule has 2 heterocycles. The molecule has 0 fully saturated rings. The Morgan fingerprint density at radius 2 is 1.86 bits per heavy atom. The number of anilines is 1. The van der Waals surface area contributed by atoms with Gasteiger partial charge in [-0.3, -0.25) is 14.2 Å². The normalized spacial score (nSPS) is 14.3. The Kier molecular flexibility index (Phi) is 7.18. The van der Waals surface area contributed by atoms with E-state index in [-0.39, 0.29) is 30.4 Å². The van der Waals surface area contributed by atoms with Crippen molar-refractivity contribution in [3.8, 4) is 23.0 Å². The van der Waals surface area contributed by atoms with E-state index in [1.54, 1.807) is 48.1 Å². The number of carbonyl (C=O) groups excluding carboxylic acids is 1. The van der Waals surface area contributed by atoms with Crippen molar-refractivity contribution >= 4 is 34.3 Å². The molecule has 1 atom stereocenters. The van der Waals surface area contributed by atoms with Crippen molar-refractivity contribution in [3.63, 3.8) is 0 Å². The summed E-state index contributed by atoms with van der Waals surface area (Å²) in [6, 6.07) is 19.7. The molecule has 1 aliphatic rings. The summed E-state index contributed by atoms with van der Waals surface area (Å²) in [5.41, 5.74) is 0.848. The zero-order valence-electron chi connectivity index (χ0n) is 20.3. The van der Waals surface area contributed by atoms with Crippen molar-refractivity contribution < 1.29 is 23.7 Å². The third kappa shape index (κ3) is 5.34. The topological polar surface area (TPSA) is 101 Å². The number of para-hydroxylation sites is 3. The molecule has 0 aliphatic carbocycles. The average molecular weight is 520 g/mol. The van der Waals surface area contributed by atoms with E-state index in [0.717, 1.165) is 0 Å². The van der Waals surface area contributed by atoms with E-state index < -0.39 is 6.10 Å². The fourth-order valence-electron chi connectivity index (χ4n) is 4.00. The third-order valence-corrected chi connectivity index (χ3v) is 6.77. The van der Waals surface area contributed by atoms with Crippen molar-refractivity contribution in [2.75, 3.05) is 31.9 Å². The van der Waals surface area contributed by atoms with Gasteiger partial charge in [-0.15, -0.1) is 0 Å². The van der Waals surface area contributed by atoms with Gasteiger partial charge in [0.25, 0.3) is 5.56 Å². The standard InChI is InChI=1S/C27H25N3O6S/c1-33-17-11-12-22(34-2)21(13-17)28-25(31)16-37-27-29-20-8-4-3-7-19(20)26(32)30(27)14-18-15-35-23-9-5-6-10-24(23)36-18/h3-13,18H,14-16H2,1-2H3,(H,28,31)/t18-/m1/s1. The molecular weight excluding hydrogens is 494 g/mol. The van der Waals surface area contributed by atoms with E-state index in [4.69, 9.17) is 23.9 Å². The summed E-state index contributed by atoms with van der Waals surface area (Å²) in [4.78, 5) is 31.0. The Morgan fingerprint density at radius 3 is 2.68 bits per heavy atom. The van der Waals surface area contributed by atoms with Gasteiger partial charge >= 0.3 is 0 Å². The monoisotopic (exact) mass is 519 g/mol. The van der Waals surface area contributed by atoms with Crippen LogP contribution >= 0.6 is 11.8 Å². The number of hydrogen-bond donors (Lipinski definition) is 1. The molecule has 0 unspecified atom stereocenters. The van der Waals surface area contributed by atoms with Gasteiger partial charge in [0.05, 0.1) is 43.1 Å². The first kappa shape index (κ1) is 24.5. The molecule has 0 spiro atoms. The van der Waals surface area contributed by atoms with E-state index in [1.165, 1.54) is 18.9 Å². The average Bonchev–Trinajstić information content (AvgIpc) is 2.93. The number of carbonyl (C=O) groups is 1. The van der Waals surface area contributed by atoms with Crippen LogP contribution in [0.4, 0.5) is 5.69 Å². The van der Waals surface area contributed by atoms with Crippen molar-refractivity contribution in [1.29, 1.82) is 0 Å². The number of benzene rings is 3. The largest absolute Gasteiger partial charge is 0.497 e. The van der Waals surface area contributed by atoms with Gasteiger partial charge in [-0.05, 0) is 36.4 Å². The summed E-state index contributed by atoms with van der Waals surface area (Å²) < 4.78 is 24.0. The molecular formula is C27H25N3O6S. The van der Waals surface area contributed by atoms with Crippen molar-refractivity contribution in [3.05, 3.63) is 77.1 Å². The number of methoxy groups -OCH3 is 2. The van der Waals surface area contributed by atoms with Gasteiger partial charge in [-0.25, -0.2) is 4.98 Å². The van der Waals surface area contributed by atoms with Gasteiger partial charge in [-0.2, -0.15) is 0 Å². The molecule has 1 amide bonds. The summed E-state index contributed by atoms with van der Waals surface area (Å²) in [7, 11) is 3.08. The number of hydrogen-bond acceptors (Lipinski definition) is 8. The van der Waals surface area contributed by atoms with E-state index in [2.05, 4.69) is 5.32 Å². The van der Waals surface area contributed by atoms with Gasteiger partial charge in [0, 0.05) is 6.07 Å². The maximum absolute atomic E-state index is 13.4. The SMILES string of the molecule is COc1ccc(OC)c(NC(=O)CSc2nc3ccccc3c(=O)n2C[C@@H]2COc3ccccc3O2)c1. The second kappa shape index (κ2) is 10.8. The number of rotatable bonds is 8. The molecule has 190 valence electrons. The highest BCUT2D eigenvalue weighted by molar-refractivity contribution is 7.99. The zero-order chi connectivity index (χ0) is 25.8. The van der Waals surface area contributed by atoms with Crippen LogP contribution in [0.5, 0.6) is 23.0 Å². The number of nitrogens with one attached hydrogen (secondary N) is 1. The van der Waals surface area contributed by atoms with Crippen LogP contribution in [0, 0.1) is 0 Å². The summed E-state index contributed by atoms with van der Waals surface area (Å²) in [6.45, 7) is 0.509. The maximum atomic E-state index is 13.4. The highest BCUT2D eigenvalue weighted by Gasteiger charge is 2.24. The number of ether oxygens (including phenoxy) is 4. The predicted molar refractivity (Wildman–Crippen MR) is 141 cm³/mol. The van der Waals surface area contributed by atoms with Crippen LogP contribution in [0.15, 0.2) is 76.7 Å². The molecule has 3 aromatic carbocycles. The van der Waals surface area contributed by atoms with Crippen LogP contribution in [0.1, 0.15) is 0 Å². The van der Waals surface area contributed by atoms with Gasteiger partial charge in [-0.1, -0.05) is 36.0 Å². The first-order chi connectivity index (χ1) is 18.1. The predicted octanol–water partition coefficient (Wildman–Crippen LogP) is 3.98.